The maximum Gasteiger partial charge on any atom is 0.178 e. The first-order valence-electron chi connectivity index (χ1n) is 9.58. The molecule has 0 amide bonds. The van der Waals surface area contributed by atoms with Gasteiger partial charge in [-0.25, -0.2) is 0 Å². The molecule has 0 aromatic rings. The van der Waals surface area contributed by atoms with E-state index >= 15 is 0 Å². The molecule has 1 aliphatic carbocycles. The van der Waals surface area contributed by atoms with E-state index in [9.17, 15) is 4.79 Å². The summed E-state index contributed by atoms with van der Waals surface area (Å²) < 4.78 is 0. The molecule has 0 unspecified atom stereocenters. The summed E-state index contributed by atoms with van der Waals surface area (Å²) >= 11 is 0. The number of unbranched alkanes of at least 4 members (excludes halogenated alkanes) is 4. The van der Waals surface area contributed by atoms with Crippen LogP contribution in [0.15, 0.2) is 72.2 Å². The van der Waals surface area contributed by atoms with Crippen molar-refractivity contribution >= 4 is 5.78 Å². The molecule has 0 aromatic heterocycles. The molecule has 25 heavy (non-hydrogen) atoms. The third-order valence-electron chi connectivity index (χ3n) is 4.46. The van der Waals surface area contributed by atoms with E-state index in [-0.39, 0.29) is 5.78 Å². The van der Waals surface area contributed by atoms with Crippen molar-refractivity contribution in [1.82, 2.24) is 4.90 Å². The van der Waals surface area contributed by atoms with Crippen molar-refractivity contribution in [2.45, 2.75) is 52.4 Å². The van der Waals surface area contributed by atoms with Gasteiger partial charge in [0, 0.05) is 18.9 Å². The highest BCUT2D eigenvalue weighted by Crippen LogP contribution is 2.14. The average Bonchev–Trinajstić information content (AvgIpc) is 2.61. The fraction of sp³-hybridized carbons (Fsp3) is 0.435. The first-order valence-corrected chi connectivity index (χ1v) is 9.58. The van der Waals surface area contributed by atoms with Crippen LogP contribution in [0.3, 0.4) is 0 Å². The predicted molar refractivity (Wildman–Crippen MR) is 107 cm³/mol. The molecule has 0 atom stereocenters. The van der Waals surface area contributed by atoms with Crippen molar-refractivity contribution < 1.29 is 4.79 Å². The highest BCUT2D eigenvalue weighted by molar-refractivity contribution is 6.01. The minimum atomic E-state index is 0.0535. The number of carbonyl (C=O) groups excluding carboxylic acids is 1. The molecule has 0 spiro atoms. The zero-order valence-corrected chi connectivity index (χ0v) is 15.7. The monoisotopic (exact) mass is 337 g/mol. The van der Waals surface area contributed by atoms with Crippen molar-refractivity contribution in [3.05, 3.63) is 72.2 Å². The number of ketones is 1. The van der Waals surface area contributed by atoms with Gasteiger partial charge < -0.3 is 4.90 Å². The molecule has 2 aliphatic rings. The van der Waals surface area contributed by atoms with E-state index in [0.29, 0.717) is 0 Å². The lowest BCUT2D eigenvalue weighted by Gasteiger charge is -2.18. The second-order valence-corrected chi connectivity index (χ2v) is 7.22. The molecule has 0 aromatic carbocycles. The summed E-state index contributed by atoms with van der Waals surface area (Å²) in [5, 5.41) is 0. The summed E-state index contributed by atoms with van der Waals surface area (Å²) in [4.78, 5) is 13.4. The molecule has 1 aliphatic heterocycles. The van der Waals surface area contributed by atoms with Crippen LogP contribution in [0.25, 0.3) is 0 Å². The smallest absolute Gasteiger partial charge is 0.178 e. The van der Waals surface area contributed by atoms with Gasteiger partial charge in [-0.15, -0.1) is 0 Å². The summed E-state index contributed by atoms with van der Waals surface area (Å²) in [6.07, 6.45) is 27.7. The van der Waals surface area contributed by atoms with Crippen molar-refractivity contribution in [3.8, 4) is 0 Å². The second-order valence-electron chi connectivity index (χ2n) is 7.22. The molecular formula is C23H31NO. The fourth-order valence-corrected chi connectivity index (χ4v) is 2.88. The third-order valence-corrected chi connectivity index (χ3v) is 4.46. The molecule has 2 heteroatoms. The van der Waals surface area contributed by atoms with Crippen LogP contribution in [-0.2, 0) is 4.79 Å². The van der Waals surface area contributed by atoms with Gasteiger partial charge in [0.2, 0.25) is 0 Å². The molecule has 0 saturated heterocycles. The first kappa shape index (κ1) is 19.2. The van der Waals surface area contributed by atoms with Gasteiger partial charge in [-0.2, -0.15) is 0 Å². The van der Waals surface area contributed by atoms with Crippen LogP contribution in [0.4, 0.5) is 0 Å². The van der Waals surface area contributed by atoms with E-state index in [2.05, 4.69) is 49.4 Å². The molecule has 1 heterocycles. The van der Waals surface area contributed by atoms with Crippen LogP contribution < -0.4 is 0 Å². The van der Waals surface area contributed by atoms with E-state index in [4.69, 9.17) is 0 Å². The average molecular weight is 338 g/mol. The Kier molecular flexibility index (Phi) is 8.24. The van der Waals surface area contributed by atoms with Crippen molar-refractivity contribution in [3.63, 3.8) is 0 Å². The number of rotatable bonds is 9. The number of carbonyl (C=O) groups is 1. The summed E-state index contributed by atoms with van der Waals surface area (Å²) in [6.45, 7) is 5.70. The van der Waals surface area contributed by atoms with E-state index < -0.39 is 0 Å². The Balaban J connectivity index is 1.64. The van der Waals surface area contributed by atoms with Gasteiger partial charge in [0.25, 0.3) is 0 Å². The number of allylic oxidation sites excluding steroid dienone is 10. The topological polar surface area (TPSA) is 20.3 Å². The molecule has 0 bridgehead atoms. The highest BCUT2D eigenvalue weighted by atomic mass is 16.1. The number of nitrogens with zero attached hydrogens (tertiary/aromatic N) is 1. The Hall–Kier alpha value is -2.09. The molecule has 0 fully saturated rings. The van der Waals surface area contributed by atoms with Crippen molar-refractivity contribution in [1.29, 1.82) is 0 Å². The minimum Gasteiger partial charge on any atom is -0.354 e. The fourth-order valence-electron chi connectivity index (χ4n) is 2.88. The van der Waals surface area contributed by atoms with Gasteiger partial charge in [-0.05, 0) is 47.8 Å². The van der Waals surface area contributed by atoms with Crippen LogP contribution in [-0.4, -0.2) is 17.2 Å². The molecule has 0 radical (unpaired) electrons. The number of hydrogen-bond acceptors (Lipinski definition) is 2. The Morgan fingerprint density at radius 3 is 2.00 bits per heavy atom. The largest absolute Gasteiger partial charge is 0.354 e. The van der Waals surface area contributed by atoms with Gasteiger partial charge in [-0.1, -0.05) is 70.3 Å². The van der Waals surface area contributed by atoms with Crippen LogP contribution in [0.2, 0.25) is 0 Å². The summed E-state index contributed by atoms with van der Waals surface area (Å²) in [5.41, 5.74) is 2.23. The Morgan fingerprint density at radius 1 is 0.800 bits per heavy atom. The third kappa shape index (κ3) is 8.02. The van der Waals surface area contributed by atoms with E-state index in [0.717, 1.165) is 18.0 Å². The van der Waals surface area contributed by atoms with Gasteiger partial charge in [0.15, 0.2) is 5.78 Å². The standard InChI is InChI=1S/C23H31NO/c1-20(2)8-6-4-3-5-7-17-24-18-15-22(16-19-24)10-9-21-11-13-23(25)14-12-21/h9-16,18-20H,3-8,17H2,1-2H3. The Morgan fingerprint density at radius 2 is 1.36 bits per heavy atom. The Labute approximate surface area is 153 Å². The normalized spacial score (nSPS) is 16.3. The van der Waals surface area contributed by atoms with Crippen LogP contribution in [0.1, 0.15) is 52.4 Å². The lowest BCUT2D eigenvalue weighted by Crippen LogP contribution is -2.13. The zero-order valence-electron chi connectivity index (χ0n) is 15.7. The quantitative estimate of drug-likeness (QED) is 0.490. The molecular weight excluding hydrogens is 306 g/mol. The summed E-state index contributed by atoms with van der Waals surface area (Å²) in [7, 11) is 0. The minimum absolute atomic E-state index is 0.0535. The molecule has 0 saturated carbocycles. The lowest BCUT2D eigenvalue weighted by atomic mass is 10.0. The maximum atomic E-state index is 11.1. The highest BCUT2D eigenvalue weighted by Gasteiger charge is 2.01. The summed E-state index contributed by atoms with van der Waals surface area (Å²) in [5.74, 6) is 0.895. The van der Waals surface area contributed by atoms with Gasteiger partial charge in [0.1, 0.15) is 0 Å². The predicted octanol–water partition coefficient (Wildman–Crippen LogP) is 5.87. The van der Waals surface area contributed by atoms with E-state index in [1.165, 1.54) is 44.1 Å². The molecule has 2 nitrogen and oxygen atoms in total. The van der Waals surface area contributed by atoms with Crippen molar-refractivity contribution in [2.24, 2.45) is 5.92 Å². The number of hydrogen-bond donors (Lipinski definition) is 0. The van der Waals surface area contributed by atoms with E-state index in [1.807, 2.05) is 18.2 Å². The molecule has 2 rings (SSSR count). The second kappa shape index (κ2) is 10.7. The van der Waals surface area contributed by atoms with Crippen molar-refractivity contribution in [2.75, 3.05) is 6.54 Å². The van der Waals surface area contributed by atoms with Crippen LogP contribution in [0.5, 0.6) is 0 Å². The lowest BCUT2D eigenvalue weighted by molar-refractivity contribution is -0.110. The molecule has 134 valence electrons. The Bertz CT molecular complexity index is 580. The maximum absolute atomic E-state index is 11.1. The first-order chi connectivity index (χ1) is 12.1. The zero-order chi connectivity index (χ0) is 17.9. The van der Waals surface area contributed by atoms with Crippen LogP contribution in [0, 0.1) is 5.92 Å². The summed E-state index contributed by atoms with van der Waals surface area (Å²) in [6, 6.07) is 0. The van der Waals surface area contributed by atoms with Gasteiger partial charge in [-0.3, -0.25) is 4.79 Å². The van der Waals surface area contributed by atoms with Crippen LogP contribution >= 0.6 is 0 Å². The van der Waals surface area contributed by atoms with Gasteiger partial charge >= 0.3 is 0 Å². The van der Waals surface area contributed by atoms with E-state index in [1.54, 1.807) is 12.2 Å². The molecule has 0 N–H and O–H groups in total. The van der Waals surface area contributed by atoms with Gasteiger partial charge in [0.05, 0.1) is 0 Å². The SMILES string of the molecule is CC(C)CCCCCCCN1C=CC(=CC=C2C=CC(=O)C=C2)C=C1.